The highest BCUT2D eigenvalue weighted by Gasteiger charge is 2.10. The molecule has 2 aromatic rings. The SMILES string of the molecule is Cc1nccc(C(O)Cc2ccc(F)cc2)n1. The van der Waals surface area contributed by atoms with Crippen LogP contribution in [0.4, 0.5) is 4.39 Å². The quantitative estimate of drug-likeness (QED) is 0.882. The van der Waals surface area contributed by atoms with Gasteiger partial charge in [-0.15, -0.1) is 0 Å². The van der Waals surface area contributed by atoms with Crippen LogP contribution in [0.3, 0.4) is 0 Å². The number of nitrogens with zero attached hydrogens (tertiary/aromatic N) is 2. The summed E-state index contributed by atoms with van der Waals surface area (Å²) in [5, 5.41) is 9.98. The first kappa shape index (κ1) is 11.7. The van der Waals surface area contributed by atoms with Crippen LogP contribution in [0.1, 0.15) is 23.2 Å². The lowest BCUT2D eigenvalue weighted by molar-refractivity contribution is 0.173. The van der Waals surface area contributed by atoms with Gasteiger partial charge in [0.15, 0.2) is 0 Å². The normalized spacial score (nSPS) is 12.4. The molecule has 0 saturated heterocycles. The van der Waals surface area contributed by atoms with Crippen LogP contribution < -0.4 is 0 Å². The molecule has 0 amide bonds. The fourth-order valence-electron chi connectivity index (χ4n) is 1.61. The van der Waals surface area contributed by atoms with Gasteiger partial charge >= 0.3 is 0 Å². The lowest BCUT2D eigenvalue weighted by Crippen LogP contribution is -2.05. The maximum absolute atomic E-state index is 12.7. The van der Waals surface area contributed by atoms with Crippen LogP contribution in [0.5, 0.6) is 0 Å². The van der Waals surface area contributed by atoms with Gasteiger partial charge in [0.05, 0.1) is 5.69 Å². The van der Waals surface area contributed by atoms with Crippen LogP contribution >= 0.6 is 0 Å². The fourth-order valence-corrected chi connectivity index (χ4v) is 1.61. The second-order valence-electron chi connectivity index (χ2n) is 3.88. The molecule has 1 heterocycles. The van der Waals surface area contributed by atoms with Crippen molar-refractivity contribution in [1.29, 1.82) is 0 Å². The summed E-state index contributed by atoms with van der Waals surface area (Å²) in [5.41, 5.74) is 1.46. The Labute approximate surface area is 99.0 Å². The van der Waals surface area contributed by atoms with E-state index in [0.29, 0.717) is 17.9 Å². The van der Waals surface area contributed by atoms with Crippen molar-refractivity contribution in [2.24, 2.45) is 0 Å². The van der Waals surface area contributed by atoms with E-state index in [1.54, 1.807) is 31.3 Å². The highest BCUT2D eigenvalue weighted by Crippen LogP contribution is 2.16. The summed E-state index contributed by atoms with van der Waals surface area (Å²) in [6.45, 7) is 1.77. The minimum absolute atomic E-state index is 0.277. The van der Waals surface area contributed by atoms with Crippen LogP contribution in [-0.4, -0.2) is 15.1 Å². The van der Waals surface area contributed by atoms with Crippen LogP contribution in [0.2, 0.25) is 0 Å². The first-order valence-corrected chi connectivity index (χ1v) is 5.37. The molecule has 0 aliphatic heterocycles. The summed E-state index contributed by atoms with van der Waals surface area (Å²) in [5.74, 6) is 0.349. The Morgan fingerprint density at radius 1 is 1.24 bits per heavy atom. The molecule has 1 aromatic carbocycles. The van der Waals surface area contributed by atoms with Crippen molar-refractivity contribution in [3.05, 3.63) is 59.4 Å². The zero-order valence-electron chi connectivity index (χ0n) is 9.47. The number of aryl methyl sites for hydroxylation is 1. The van der Waals surface area contributed by atoms with Gasteiger partial charge in [-0.25, -0.2) is 14.4 Å². The number of benzene rings is 1. The van der Waals surface area contributed by atoms with E-state index in [-0.39, 0.29) is 5.82 Å². The van der Waals surface area contributed by atoms with Gasteiger partial charge in [-0.3, -0.25) is 0 Å². The molecule has 1 atom stereocenters. The number of rotatable bonds is 3. The molecule has 1 aromatic heterocycles. The third-order valence-corrected chi connectivity index (χ3v) is 2.48. The first-order valence-electron chi connectivity index (χ1n) is 5.37. The second kappa shape index (κ2) is 5.01. The molecule has 88 valence electrons. The third kappa shape index (κ3) is 3.07. The summed E-state index contributed by atoms with van der Waals surface area (Å²) in [6.07, 6.45) is 1.34. The monoisotopic (exact) mass is 232 g/mol. The van der Waals surface area contributed by atoms with Crippen LogP contribution in [-0.2, 0) is 6.42 Å². The number of halogens is 1. The van der Waals surface area contributed by atoms with Gasteiger partial charge in [0.25, 0.3) is 0 Å². The van der Waals surface area contributed by atoms with E-state index in [0.717, 1.165) is 5.56 Å². The molecule has 2 rings (SSSR count). The standard InChI is InChI=1S/C13H13FN2O/c1-9-15-7-6-12(16-9)13(17)8-10-2-4-11(14)5-3-10/h2-7,13,17H,8H2,1H3. The molecule has 1 N–H and O–H groups in total. The van der Waals surface area contributed by atoms with E-state index in [1.165, 1.54) is 12.1 Å². The van der Waals surface area contributed by atoms with Crippen molar-refractivity contribution < 1.29 is 9.50 Å². The van der Waals surface area contributed by atoms with E-state index in [1.807, 2.05) is 0 Å². The molecule has 0 aliphatic rings. The van der Waals surface area contributed by atoms with Gasteiger partial charge in [0, 0.05) is 12.6 Å². The highest BCUT2D eigenvalue weighted by atomic mass is 19.1. The average Bonchev–Trinajstić information content (AvgIpc) is 2.32. The first-order chi connectivity index (χ1) is 8.15. The summed E-state index contributed by atoms with van der Waals surface area (Å²) >= 11 is 0. The Morgan fingerprint density at radius 3 is 2.59 bits per heavy atom. The number of aliphatic hydroxyl groups excluding tert-OH is 1. The lowest BCUT2D eigenvalue weighted by atomic mass is 10.1. The van der Waals surface area contributed by atoms with Gasteiger partial charge in [-0.1, -0.05) is 12.1 Å². The predicted molar refractivity (Wildman–Crippen MR) is 61.8 cm³/mol. The minimum Gasteiger partial charge on any atom is -0.386 e. The molecule has 0 spiro atoms. The van der Waals surface area contributed by atoms with Gasteiger partial charge < -0.3 is 5.11 Å². The molecule has 17 heavy (non-hydrogen) atoms. The average molecular weight is 232 g/mol. The van der Waals surface area contributed by atoms with E-state index in [2.05, 4.69) is 9.97 Å². The van der Waals surface area contributed by atoms with E-state index < -0.39 is 6.10 Å². The summed E-state index contributed by atoms with van der Waals surface area (Å²) in [7, 11) is 0. The Hall–Kier alpha value is -1.81. The minimum atomic E-state index is -0.692. The molecular weight excluding hydrogens is 219 g/mol. The Balaban J connectivity index is 2.11. The molecule has 0 radical (unpaired) electrons. The largest absolute Gasteiger partial charge is 0.386 e. The van der Waals surface area contributed by atoms with Crippen molar-refractivity contribution >= 4 is 0 Å². The number of aromatic nitrogens is 2. The molecule has 1 unspecified atom stereocenters. The maximum atomic E-state index is 12.7. The fraction of sp³-hybridized carbons (Fsp3) is 0.231. The third-order valence-electron chi connectivity index (χ3n) is 2.48. The zero-order chi connectivity index (χ0) is 12.3. The van der Waals surface area contributed by atoms with Crippen molar-refractivity contribution in [3.8, 4) is 0 Å². The van der Waals surface area contributed by atoms with Crippen LogP contribution in [0, 0.1) is 12.7 Å². The molecule has 0 saturated carbocycles. The summed E-state index contributed by atoms with van der Waals surface area (Å²) in [4.78, 5) is 8.12. The Bertz CT molecular complexity index is 499. The molecule has 0 bridgehead atoms. The highest BCUT2D eigenvalue weighted by molar-refractivity contribution is 5.19. The lowest BCUT2D eigenvalue weighted by Gasteiger charge is -2.10. The van der Waals surface area contributed by atoms with E-state index >= 15 is 0 Å². The maximum Gasteiger partial charge on any atom is 0.125 e. The molecule has 0 aliphatic carbocycles. The Kier molecular flexibility index (Phi) is 3.44. The second-order valence-corrected chi connectivity index (χ2v) is 3.88. The van der Waals surface area contributed by atoms with E-state index in [9.17, 15) is 9.50 Å². The van der Waals surface area contributed by atoms with Crippen molar-refractivity contribution in [3.63, 3.8) is 0 Å². The van der Waals surface area contributed by atoms with Crippen molar-refractivity contribution in [1.82, 2.24) is 9.97 Å². The smallest absolute Gasteiger partial charge is 0.125 e. The summed E-state index contributed by atoms with van der Waals surface area (Å²) < 4.78 is 12.7. The number of hydrogen-bond acceptors (Lipinski definition) is 3. The van der Waals surface area contributed by atoms with Gasteiger partial charge in [-0.2, -0.15) is 0 Å². The zero-order valence-corrected chi connectivity index (χ0v) is 9.47. The predicted octanol–water partition coefficient (Wildman–Crippen LogP) is 2.20. The number of aliphatic hydroxyl groups is 1. The van der Waals surface area contributed by atoms with Crippen molar-refractivity contribution in [2.75, 3.05) is 0 Å². The topological polar surface area (TPSA) is 46.0 Å². The molecule has 0 fully saturated rings. The van der Waals surface area contributed by atoms with Crippen LogP contribution in [0.25, 0.3) is 0 Å². The van der Waals surface area contributed by atoms with Gasteiger partial charge in [0.1, 0.15) is 17.7 Å². The van der Waals surface area contributed by atoms with Gasteiger partial charge in [0.2, 0.25) is 0 Å². The summed E-state index contributed by atoms with van der Waals surface area (Å²) in [6, 6.07) is 7.76. The van der Waals surface area contributed by atoms with E-state index in [4.69, 9.17) is 0 Å². The molecular formula is C13H13FN2O. The Morgan fingerprint density at radius 2 is 1.94 bits per heavy atom. The van der Waals surface area contributed by atoms with Gasteiger partial charge in [-0.05, 0) is 30.7 Å². The molecule has 4 heteroatoms. The molecule has 3 nitrogen and oxygen atoms in total. The number of hydrogen-bond donors (Lipinski definition) is 1. The van der Waals surface area contributed by atoms with Crippen molar-refractivity contribution in [2.45, 2.75) is 19.4 Å². The van der Waals surface area contributed by atoms with Crippen LogP contribution in [0.15, 0.2) is 36.5 Å².